The van der Waals surface area contributed by atoms with Gasteiger partial charge in [0.05, 0.1) is 17.9 Å². The molecule has 0 unspecified atom stereocenters. The Labute approximate surface area is 163 Å². The number of carboxylic acids is 1. The maximum atomic E-state index is 10.9. The largest absolute Gasteiger partial charge is 0.490 e. The van der Waals surface area contributed by atoms with Crippen molar-refractivity contribution in [1.29, 1.82) is 0 Å². The van der Waals surface area contributed by atoms with E-state index in [9.17, 15) is 4.79 Å². The number of ether oxygens (including phenoxy) is 2. The van der Waals surface area contributed by atoms with E-state index in [2.05, 4.69) is 4.99 Å². The molecule has 5 nitrogen and oxygen atoms in total. The van der Waals surface area contributed by atoms with Gasteiger partial charge in [-0.3, -0.25) is 4.99 Å². The number of hydrogen-bond donors (Lipinski definition) is 1. The highest BCUT2D eigenvalue weighted by molar-refractivity contribution is 5.87. The van der Waals surface area contributed by atoms with E-state index in [0.717, 1.165) is 16.8 Å². The predicted molar refractivity (Wildman–Crippen MR) is 109 cm³/mol. The molecule has 0 saturated carbocycles. The van der Waals surface area contributed by atoms with E-state index in [4.69, 9.17) is 14.6 Å². The Balaban J connectivity index is 1.71. The molecule has 0 aliphatic carbocycles. The lowest BCUT2D eigenvalue weighted by molar-refractivity contribution is 0.0697. The van der Waals surface area contributed by atoms with Crippen molar-refractivity contribution in [1.82, 2.24) is 0 Å². The molecule has 1 N–H and O–H groups in total. The van der Waals surface area contributed by atoms with Crippen molar-refractivity contribution in [3.63, 3.8) is 0 Å². The summed E-state index contributed by atoms with van der Waals surface area (Å²) in [5.41, 5.74) is 2.92. The first-order valence-electron chi connectivity index (χ1n) is 8.96. The Bertz CT molecular complexity index is 950. The third-order valence-corrected chi connectivity index (χ3v) is 3.98. The minimum atomic E-state index is -0.946. The standard InChI is InChI=1S/C23H21NO4/c1-2-27-22-14-18(15-24-20-6-4-3-5-7-20)10-13-21(22)28-16-17-8-11-19(12-9-17)23(25)26/h3-15H,2,16H2,1H3,(H,25,26). The topological polar surface area (TPSA) is 68.1 Å². The Kier molecular flexibility index (Phi) is 6.41. The molecule has 0 amide bonds. The summed E-state index contributed by atoms with van der Waals surface area (Å²) in [4.78, 5) is 15.4. The van der Waals surface area contributed by atoms with Gasteiger partial charge in [0, 0.05) is 6.21 Å². The zero-order valence-electron chi connectivity index (χ0n) is 15.5. The number of nitrogens with zero attached hydrogens (tertiary/aromatic N) is 1. The number of hydrogen-bond acceptors (Lipinski definition) is 4. The minimum absolute atomic E-state index is 0.251. The van der Waals surface area contributed by atoms with Gasteiger partial charge in [-0.25, -0.2) is 4.79 Å². The van der Waals surface area contributed by atoms with Crippen LogP contribution in [0.1, 0.15) is 28.4 Å². The van der Waals surface area contributed by atoms with E-state index in [0.29, 0.717) is 24.7 Å². The second-order valence-electron chi connectivity index (χ2n) is 6.02. The van der Waals surface area contributed by atoms with Crippen LogP contribution in [-0.2, 0) is 6.61 Å². The molecule has 3 rings (SSSR count). The first-order chi connectivity index (χ1) is 13.7. The van der Waals surface area contributed by atoms with E-state index in [1.165, 1.54) is 0 Å². The highest BCUT2D eigenvalue weighted by Gasteiger charge is 2.07. The quantitative estimate of drug-likeness (QED) is 0.555. The third-order valence-electron chi connectivity index (χ3n) is 3.98. The molecule has 0 saturated heterocycles. The lowest BCUT2D eigenvalue weighted by Gasteiger charge is -2.13. The maximum Gasteiger partial charge on any atom is 0.335 e. The van der Waals surface area contributed by atoms with Crippen molar-refractivity contribution in [3.8, 4) is 11.5 Å². The molecule has 0 aliphatic heterocycles. The highest BCUT2D eigenvalue weighted by Crippen LogP contribution is 2.29. The lowest BCUT2D eigenvalue weighted by Crippen LogP contribution is -2.01. The highest BCUT2D eigenvalue weighted by atomic mass is 16.5. The molecule has 0 fully saturated rings. The first-order valence-corrected chi connectivity index (χ1v) is 8.96. The molecule has 0 radical (unpaired) electrons. The van der Waals surface area contributed by atoms with Crippen molar-refractivity contribution in [2.75, 3.05) is 6.61 Å². The molecule has 0 atom stereocenters. The van der Waals surface area contributed by atoms with Crippen molar-refractivity contribution in [3.05, 3.63) is 89.5 Å². The van der Waals surface area contributed by atoms with Crippen LogP contribution in [0, 0.1) is 0 Å². The van der Waals surface area contributed by atoms with Crippen LogP contribution < -0.4 is 9.47 Å². The molecule has 0 aromatic heterocycles. The average molecular weight is 375 g/mol. The number of benzene rings is 3. The number of carbonyl (C=O) groups is 1. The summed E-state index contributed by atoms with van der Waals surface area (Å²) in [6.45, 7) is 2.75. The van der Waals surface area contributed by atoms with E-state index in [-0.39, 0.29) is 5.56 Å². The zero-order valence-corrected chi connectivity index (χ0v) is 15.5. The third kappa shape index (κ3) is 5.20. The van der Waals surface area contributed by atoms with Crippen molar-refractivity contribution < 1.29 is 19.4 Å². The van der Waals surface area contributed by atoms with E-state index >= 15 is 0 Å². The number of rotatable bonds is 8. The molecule has 142 valence electrons. The van der Waals surface area contributed by atoms with Crippen LogP contribution in [0.5, 0.6) is 11.5 Å². The number of aliphatic imine (C=N–C) groups is 1. The Hall–Kier alpha value is -3.60. The summed E-state index contributed by atoms with van der Waals surface area (Å²) in [7, 11) is 0. The van der Waals surface area contributed by atoms with Crippen LogP contribution in [0.15, 0.2) is 77.8 Å². The average Bonchev–Trinajstić information content (AvgIpc) is 2.73. The SMILES string of the molecule is CCOc1cc(C=Nc2ccccc2)ccc1OCc1ccc(C(=O)O)cc1. The number of aromatic carboxylic acids is 1. The van der Waals surface area contributed by atoms with Crippen LogP contribution >= 0.6 is 0 Å². The van der Waals surface area contributed by atoms with Crippen molar-refractivity contribution in [2.24, 2.45) is 4.99 Å². The van der Waals surface area contributed by atoms with Gasteiger partial charge in [0.25, 0.3) is 0 Å². The summed E-state index contributed by atoms with van der Waals surface area (Å²) in [5.74, 6) is 0.321. The van der Waals surface area contributed by atoms with Crippen LogP contribution in [-0.4, -0.2) is 23.9 Å². The van der Waals surface area contributed by atoms with Gasteiger partial charge in [0.15, 0.2) is 11.5 Å². The smallest absolute Gasteiger partial charge is 0.335 e. The van der Waals surface area contributed by atoms with Crippen LogP contribution in [0.25, 0.3) is 0 Å². The molecule has 0 bridgehead atoms. The predicted octanol–water partition coefficient (Wildman–Crippen LogP) is 5.11. The van der Waals surface area contributed by atoms with Gasteiger partial charge in [-0.1, -0.05) is 30.3 Å². The summed E-state index contributed by atoms with van der Waals surface area (Å²) >= 11 is 0. The fourth-order valence-electron chi connectivity index (χ4n) is 2.56. The molecular formula is C23H21NO4. The summed E-state index contributed by atoms with van der Waals surface area (Å²) in [5, 5.41) is 8.96. The monoisotopic (exact) mass is 375 g/mol. The molecule has 28 heavy (non-hydrogen) atoms. The van der Waals surface area contributed by atoms with Gasteiger partial charge >= 0.3 is 5.97 Å². The fraction of sp³-hybridized carbons (Fsp3) is 0.130. The number of carboxylic acid groups (broad SMARTS) is 1. The molecule has 3 aromatic rings. The van der Waals surface area contributed by atoms with Gasteiger partial charge < -0.3 is 14.6 Å². The lowest BCUT2D eigenvalue weighted by atomic mass is 10.1. The Morgan fingerprint density at radius 3 is 2.39 bits per heavy atom. The summed E-state index contributed by atoms with van der Waals surface area (Å²) < 4.78 is 11.6. The zero-order chi connectivity index (χ0) is 19.8. The molecule has 0 aliphatic rings. The van der Waals surface area contributed by atoms with Gasteiger partial charge in [-0.05, 0) is 60.5 Å². The maximum absolute atomic E-state index is 10.9. The van der Waals surface area contributed by atoms with Crippen LogP contribution in [0.2, 0.25) is 0 Å². The molecule has 3 aromatic carbocycles. The van der Waals surface area contributed by atoms with E-state index in [1.54, 1.807) is 30.5 Å². The molecule has 0 spiro atoms. The second-order valence-corrected chi connectivity index (χ2v) is 6.02. The van der Waals surface area contributed by atoms with Crippen molar-refractivity contribution in [2.45, 2.75) is 13.5 Å². The van der Waals surface area contributed by atoms with Crippen LogP contribution in [0.3, 0.4) is 0 Å². The van der Waals surface area contributed by atoms with Gasteiger partial charge in [-0.2, -0.15) is 0 Å². The normalized spacial score (nSPS) is 10.8. The summed E-state index contributed by atoms with van der Waals surface area (Å²) in [6.07, 6.45) is 1.78. The van der Waals surface area contributed by atoms with E-state index < -0.39 is 5.97 Å². The van der Waals surface area contributed by atoms with Gasteiger partial charge in [0.1, 0.15) is 6.61 Å². The van der Waals surface area contributed by atoms with Crippen LogP contribution in [0.4, 0.5) is 5.69 Å². The number of para-hydroxylation sites is 1. The second kappa shape index (κ2) is 9.37. The van der Waals surface area contributed by atoms with Gasteiger partial charge in [-0.15, -0.1) is 0 Å². The Morgan fingerprint density at radius 2 is 1.71 bits per heavy atom. The summed E-state index contributed by atoms with van der Waals surface area (Å²) in [6, 6.07) is 22.0. The first kappa shape index (κ1) is 19.2. The van der Waals surface area contributed by atoms with Gasteiger partial charge in [0.2, 0.25) is 0 Å². The molecular weight excluding hydrogens is 354 g/mol. The molecule has 0 heterocycles. The fourth-order valence-corrected chi connectivity index (χ4v) is 2.56. The van der Waals surface area contributed by atoms with E-state index in [1.807, 2.05) is 55.5 Å². The Morgan fingerprint density at radius 1 is 0.964 bits per heavy atom. The van der Waals surface area contributed by atoms with Crippen molar-refractivity contribution >= 4 is 17.9 Å². The minimum Gasteiger partial charge on any atom is -0.490 e. The molecule has 5 heteroatoms.